The second-order valence-corrected chi connectivity index (χ2v) is 6.59. The molecule has 0 bridgehead atoms. The van der Waals surface area contributed by atoms with Gasteiger partial charge in [0.1, 0.15) is 0 Å². The van der Waals surface area contributed by atoms with Gasteiger partial charge in [-0.15, -0.1) is 0 Å². The van der Waals surface area contributed by atoms with Gasteiger partial charge in [0.2, 0.25) is 0 Å². The molecule has 0 aliphatic carbocycles. The number of nitrogens with zero attached hydrogens (tertiary/aromatic N) is 1. The molecule has 2 N–H and O–H groups in total. The Labute approximate surface area is 118 Å². The van der Waals surface area contributed by atoms with E-state index in [9.17, 15) is 9.59 Å². The van der Waals surface area contributed by atoms with Crippen molar-refractivity contribution in [2.24, 2.45) is 11.8 Å². The molecule has 2 aliphatic rings. The van der Waals surface area contributed by atoms with Gasteiger partial charge in [0.15, 0.2) is 0 Å². The predicted octanol–water partition coefficient (Wildman–Crippen LogP) is 1.64. The van der Waals surface area contributed by atoms with Crippen LogP contribution in [0.5, 0.6) is 0 Å². The van der Waals surface area contributed by atoms with Crippen LogP contribution >= 0.6 is 11.8 Å². The Morgan fingerprint density at radius 2 is 1.95 bits per heavy atom. The summed E-state index contributed by atoms with van der Waals surface area (Å²) in [6, 6.07) is 0.0191. The molecular weight excluding hydrogens is 264 g/mol. The summed E-state index contributed by atoms with van der Waals surface area (Å²) in [4.78, 5) is 24.4. The highest BCUT2D eigenvalue weighted by Gasteiger charge is 2.25. The number of hydrogen-bond acceptors (Lipinski definition) is 3. The van der Waals surface area contributed by atoms with E-state index in [4.69, 9.17) is 5.11 Å². The maximum atomic E-state index is 12.0. The van der Waals surface area contributed by atoms with E-state index in [-0.39, 0.29) is 18.4 Å². The molecule has 6 heteroatoms. The van der Waals surface area contributed by atoms with Crippen molar-refractivity contribution in [1.29, 1.82) is 0 Å². The van der Waals surface area contributed by atoms with Gasteiger partial charge in [0.05, 0.1) is 0 Å². The van der Waals surface area contributed by atoms with Crippen molar-refractivity contribution in [3.05, 3.63) is 0 Å². The zero-order valence-electron chi connectivity index (χ0n) is 11.1. The molecule has 108 valence electrons. The van der Waals surface area contributed by atoms with Gasteiger partial charge in [-0.25, -0.2) is 4.79 Å². The highest BCUT2D eigenvalue weighted by atomic mass is 32.2. The maximum absolute atomic E-state index is 12.0. The van der Waals surface area contributed by atoms with E-state index in [1.807, 2.05) is 16.7 Å². The van der Waals surface area contributed by atoms with Gasteiger partial charge in [-0.2, -0.15) is 11.8 Å². The summed E-state index contributed by atoms with van der Waals surface area (Å²) in [7, 11) is 0. The van der Waals surface area contributed by atoms with Gasteiger partial charge in [0.25, 0.3) is 0 Å². The Morgan fingerprint density at radius 3 is 2.53 bits per heavy atom. The lowest BCUT2D eigenvalue weighted by Crippen LogP contribution is -2.45. The second kappa shape index (κ2) is 7.03. The summed E-state index contributed by atoms with van der Waals surface area (Å²) in [6.07, 6.45) is 3.04. The molecule has 2 aliphatic heterocycles. The van der Waals surface area contributed by atoms with Gasteiger partial charge >= 0.3 is 12.0 Å². The van der Waals surface area contributed by atoms with E-state index in [2.05, 4.69) is 5.32 Å². The summed E-state index contributed by atoms with van der Waals surface area (Å²) in [5.74, 6) is 2.48. The number of carbonyl (C=O) groups excluding carboxylic acids is 1. The summed E-state index contributed by atoms with van der Waals surface area (Å²) >= 11 is 1.95. The zero-order valence-corrected chi connectivity index (χ0v) is 12.0. The average Bonchev–Trinajstić information content (AvgIpc) is 2.89. The minimum atomic E-state index is -0.735. The average molecular weight is 286 g/mol. The first-order valence-corrected chi connectivity index (χ1v) is 8.13. The summed E-state index contributed by atoms with van der Waals surface area (Å²) in [6.45, 7) is 2.15. The third kappa shape index (κ3) is 4.60. The highest BCUT2D eigenvalue weighted by molar-refractivity contribution is 7.99. The van der Waals surface area contributed by atoms with E-state index >= 15 is 0 Å². The predicted molar refractivity (Wildman–Crippen MR) is 75.4 cm³/mol. The molecule has 5 nitrogen and oxygen atoms in total. The third-order valence-electron chi connectivity index (χ3n) is 3.93. The van der Waals surface area contributed by atoms with E-state index < -0.39 is 5.97 Å². The number of amides is 2. The fourth-order valence-electron chi connectivity index (χ4n) is 2.67. The molecule has 2 heterocycles. The number of rotatable bonds is 4. The van der Waals surface area contributed by atoms with Gasteiger partial charge in [-0.05, 0) is 42.6 Å². The molecule has 0 spiro atoms. The first-order valence-electron chi connectivity index (χ1n) is 6.97. The standard InChI is InChI=1S/C13H22N2O3S/c16-12(17)7-10-1-4-15(5-2-10)13(18)14-8-11-3-6-19-9-11/h10-11H,1-9H2,(H,14,18)(H,16,17). The van der Waals surface area contributed by atoms with Crippen LogP contribution < -0.4 is 5.32 Å². The number of carbonyl (C=O) groups is 2. The number of piperidine rings is 1. The number of hydrogen-bond donors (Lipinski definition) is 2. The number of thioether (sulfide) groups is 1. The molecule has 0 aromatic rings. The van der Waals surface area contributed by atoms with Crippen LogP contribution in [0.15, 0.2) is 0 Å². The molecule has 2 rings (SSSR count). The van der Waals surface area contributed by atoms with Crippen LogP contribution in [0.25, 0.3) is 0 Å². The first kappa shape index (κ1) is 14.5. The van der Waals surface area contributed by atoms with Crippen LogP contribution in [0.3, 0.4) is 0 Å². The largest absolute Gasteiger partial charge is 0.481 e. The van der Waals surface area contributed by atoms with E-state index in [0.29, 0.717) is 19.0 Å². The molecule has 0 aromatic heterocycles. The zero-order chi connectivity index (χ0) is 13.7. The van der Waals surface area contributed by atoms with Crippen molar-refractivity contribution in [3.63, 3.8) is 0 Å². The topological polar surface area (TPSA) is 69.6 Å². The van der Waals surface area contributed by atoms with Crippen LogP contribution in [0, 0.1) is 11.8 Å². The van der Waals surface area contributed by atoms with Crippen molar-refractivity contribution in [2.45, 2.75) is 25.7 Å². The van der Waals surface area contributed by atoms with Crippen LogP contribution in [0.4, 0.5) is 4.79 Å². The maximum Gasteiger partial charge on any atom is 0.317 e. The third-order valence-corrected chi connectivity index (χ3v) is 5.16. The molecule has 0 saturated carbocycles. The minimum absolute atomic E-state index is 0.0191. The molecular formula is C13H22N2O3S. The van der Waals surface area contributed by atoms with Gasteiger partial charge in [0, 0.05) is 26.1 Å². The van der Waals surface area contributed by atoms with Crippen molar-refractivity contribution in [1.82, 2.24) is 10.2 Å². The summed E-state index contributed by atoms with van der Waals surface area (Å²) in [5, 5.41) is 11.8. The molecule has 2 fully saturated rings. The normalized spacial score (nSPS) is 24.4. The summed E-state index contributed by atoms with van der Waals surface area (Å²) in [5.41, 5.74) is 0. The number of likely N-dealkylation sites (tertiary alicyclic amines) is 1. The number of aliphatic carboxylic acids is 1. The molecule has 2 saturated heterocycles. The van der Waals surface area contributed by atoms with E-state index in [1.165, 1.54) is 12.2 Å². The number of nitrogens with one attached hydrogen (secondary N) is 1. The smallest absolute Gasteiger partial charge is 0.317 e. The van der Waals surface area contributed by atoms with E-state index in [1.54, 1.807) is 0 Å². The Balaban J connectivity index is 1.65. The van der Waals surface area contributed by atoms with Gasteiger partial charge in [-0.1, -0.05) is 0 Å². The monoisotopic (exact) mass is 286 g/mol. The van der Waals surface area contributed by atoms with Crippen molar-refractivity contribution in [2.75, 3.05) is 31.1 Å². The quantitative estimate of drug-likeness (QED) is 0.824. The summed E-state index contributed by atoms with van der Waals surface area (Å²) < 4.78 is 0. The fourth-order valence-corrected chi connectivity index (χ4v) is 3.96. The van der Waals surface area contributed by atoms with E-state index in [0.717, 1.165) is 25.1 Å². The molecule has 0 radical (unpaired) electrons. The molecule has 19 heavy (non-hydrogen) atoms. The Hall–Kier alpha value is -0.910. The SMILES string of the molecule is O=C(O)CC1CCN(C(=O)NCC2CCSC2)CC1. The van der Waals surface area contributed by atoms with Crippen molar-refractivity contribution < 1.29 is 14.7 Å². The first-order chi connectivity index (χ1) is 9.15. The van der Waals surface area contributed by atoms with Gasteiger partial charge < -0.3 is 15.3 Å². The van der Waals surface area contributed by atoms with Crippen LogP contribution in [0.2, 0.25) is 0 Å². The highest BCUT2D eigenvalue weighted by Crippen LogP contribution is 2.23. The lowest BCUT2D eigenvalue weighted by Gasteiger charge is -2.31. The minimum Gasteiger partial charge on any atom is -0.481 e. The molecule has 1 atom stereocenters. The van der Waals surface area contributed by atoms with Crippen LogP contribution in [-0.4, -0.2) is 53.1 Å². The molecule has 0 aromatic carbocycles. The lowest BCUT2D eigenvalue weighted by molar-refractivity contribution is -0.138. The second-order valence-electron chi connectivity index (χ2n) is 5.44. The fraction of sp³-hybridized carbons (Fsp3) is 0.846. The number of carboxylic acid groups (broad SMARTS) is 1. The van der Waals surface area contributed by atoms with Crippen LogP contribution in [0.1, 0.15) is 25.7 Å². The lowest BCUT2D eigenvalue weighted by atomic mass is 9.94. The number of carboxylic acids is 1. The molecule has 2 amide bonds. The molecule has 1 unspecified atom stereocenters. The van der Waals surface area contributed by atoms with Crippen molar-refractivity contribution in [3.8, 4) is 0 Å². The van der Waals surface area contributed by atoms with Gasteiger partial charge in [-0.3, -0.25) is 4.79 Å². The van der Waals surface area contributed by atoms with Crippen molar-refractivity contribution >= 4 is 23.8 Å². The Kier molecular flexibility index (Phi) is 5.36. The Morgan fingerprint density at radius 1 is 1.21 bits per heavy atom. The number of urea groups is 1. The van der Waals surface area contributed by atoms with Crippen LogP contribution in [-0.2, 0) is 4.79 Å². The Bertz CT molecular complexity index is 324.